The highest BCUT2D eigenvalue weighted by molar-refractivity contribution is 5.97. The molecule has 0 bridgehead atoms. The molecular formula is C15H14N2O4. The molecule has 2 aromatic rings. The topological polar surface area (TPSA) is 92.4 Å². The summed E-state index contributed by atoms with van der Waals surface area (Å²) in [7, 11) is 0. The van der Waals surface area contributed by atoms with Crippen LogP contribution in [-0.4, -0.2) is 28.7 Å². The van der Waals surface area contributed by atoms with Gasteiger partial charge in [0.15, 0.2) is 11.5 Å². The fourth-order valence-corrected chi connectivity index (χ4v) is 2.58. The first kappa shape index (κ1) is 13.4. The minimum Gasteiger partial charge on any atom is -0.480 e. The summed E-state index contributed by atoms with van der Waals surface area (Å²) in [5, 5.41) is 14.7. The second-order valence-corrected chi connectivity index (χ2v) is 5.08. The van der Waals surface area contributed by atoms with E-state index in [2.05, 4.69) is 16.5 Å². The van der Waals surface area contributed by atoms with E-state index in [1.54, 1.807) is 0 Å². The number of nitrogens with one attached hydrogen (secondary N) is 1. The van der Waals surface area contributed by atoms with Gasteiger partial charge in [-0.15, -0.1) is 0 Å². The molecule has 0 atom stereocenters. The van der Waals surface area contributed by atoms with E-state index in [9.17, 15) is 9.59 Å². The molecule has 0 spiro atoms. The van der Waals surface area contributed by atoms with Crippen LogP contribution in [0.1, 0.15) is 27.2 Å². The van der Waals surface area contributed by atoms with Crippen LogP contribution in [0.25, 0.3) is 11.3 Å². The molecule has 0 aliphatic heterocycles. The summed E-state index contributed by atoms with van der Waals surface area (Å²) < 4.78 is 5.32. The Morgan fingerprint density at radius 3 is 2.95 bits per heavy atom. The van der Waals surface area contributed by atoms with Gasteiger partial charge < -0.3 is 14.9 Å². The number of carboxylic acids is 1. The highest BCUT2D eigenvalue weighted by Crippen LogP contribution is 2.35. The molecular weight excluding hydrogens is 272 g/mol. The maximum Gasteiger partial charge on any atom is 0.322 e. The van der Waals surface area contributed by atoms with E-state index in [1.807, 2.05) is 19.1 Å². The molecule has 0 saturated heterocycles. The van der Waals surface area contributed by atoms with Crippen LogP contribution in [0.5, 0.6) is 0 Å². The van der Waals surface area contributed by atoms with Gasteiger partial charge in [0, 0.05) is 11.1 Å². The number of aromatic nitrogens is 1. The molecule has 3 rings (SSSR count). The Morgan fingerprint density at radius 1 is 1.38 bits per heavy atom. The monoisotopic (exact) mass is 286 g/mol. The van der Waals surface area contributed by atoms with Crippen molar-refractivity contribution in [2.24, 2.45) is 0 Å². The van der Waals surface area contributed by atoms with Gasteiger partial charge in [0.1, 0.15) is 6.54 Å². The lowest BCUT2D eigenvalue weighted by molar-refractivity contribution is -0.135. The van der Waals surface area contributed by atoms with Crippen molar-refractivity contribution in [3.05, 3.63) is 40.6 Å². The number of fused-ring (bicyclic) bond motifs is 3. The second kappa shape index (κ2) is 5.05. The van der Waals surface area contributed by atoms with Gasteiger partial charge in [-0.25, -0.2) is 0 Å². The van der Waals surface area contributed by atoms with E-state index in [1.165, 1.54) is 11.1 Å². The minimum absolute atomic E-state index is 0.178. The molecule has 0 fully saturated rings. The molecule has 1 aromatic heterocycles. The Balaban J connectivity index is 1.94. The molecule has 1 heterocycles. The zero-order valence-corrected chi connectivity index (χ0v) is 11.5. The van der Waals surface area contributed by atoms with Crippen molar-refractivity contribution in [3.8, 4) is 11.3 Å². The van der Waals surface area contributed by atoms with Crippen molar-refractivity contribution < 1.29 is 19.2 Å². The predicted molar refractivity (Wildman–Crippen MR) is 74.1 cm³/mol. The second-order valence-electron chi connectivity index (χ2n) is 5.08. The Labute approximate surface area is 120 Å². The zero-order chi connectivity index (χ0) is 15.0. The summed E-state index contributed by atoms with van der Waals surface area (Å²) in [5.41, 5.74) is 4.23. The largest absolute Gasteiger partial charge is 0.480 e. The van der Waals surface area contributed by atoms with Crippen molar-refractivity contribution in [2.75, 3.05) is 6.54 Å². The standard InChI is InChI=1S/C15H14N2O4/c1-8-2-4-10-9(6-8)3-5-11-13(17-21-14(10)11)15(20)16-7-12(18)19/h2,4,6H,3,5,7H2,1H3,(H,16,20)(H,18,19). The molecule has 0 radical (unpaired) electrons. The maximum atomic E-state index is 12.0. The quantitative estimate of drug-likeness (QED) is 0.893. The Hall–Kier alpha value is -2.63. The summed E-state index contributed by atoms with van der Waals surface area (Å²) in [6.45, 7) is 1.59. The van der Waals surface area contributed by atoms with Gasteiger partial charge in [-0.3, -0.25) is 9.59 Å². The molecule has 0 unspecified atom stereocenters. The van der Waals surface area contributed by atoms with Crippen LogP contribution in [0, 0.1) is 6.92 Å². The Kier molecular flexibility index (Phi) is 3.21. The first-order chi connectivity index (χ1) is 10.1. The number of carboxylic acid groups (broad SMARTS) is 1. The van der Waals surface area contributed by atoms with E-state index >= 15 is 0 Å². The number of hydrogen-bond acceptors (Lipinski definition) is 4. The number of benzene rings is 1. The van der Waals surface area contributed by atoms with Crippen LogP contribution in [0.2, 0.25) is 0 Å². The number of carbonyl (C=O) groups is 2. The third-order valence-electron chi connectivity index (χ3n) is 3.55. The molecule has 1 aliphatic rings. The summed E-state index contributed by atoms with van der Waals surface area (Å²) in [5.74, 6) is -1.00. The first-order valence-corrected chi connectivity index (χ1v) is 6.64. The number of amides is 1. The van der Waals surface area contributed by atoms with E-state index < -0.39 is 18.4 Å². The van der Waals surface area contributed by atoms with E-state index in [0.717, 1.165) is 17.5 Å². The molecule has 1 amide bonds. The van der Waals surface area contributed by atoms with Gasteiger partial charge in [0.2, 0.25) is 0 Å². The van der Waals surface area contributed by atoms with Crippen LogP contribution < -0.4 is 5.32 Å². The number of nitrogens with zero attached hydrogens (tertiary/aromatic N) is 1. The fraction of sp³-hybridized carbons (Fsp3) is 0.267. The number of hydrogen-bond donors (Lipinski definition) is 2. The predicted octanol–water partition coefficient (Wildman–Crippen LogP) is 1.56. The SMILES string of the molecule is Cc1ccc2c(c1)CCc1c(C(=O)NCC(=O)O)noc1-2. The molecule has 2 N–H and O–H groups in total. The minimum atomic E-state index is -1.10. The van der Waals surface area contributed by atoms with Crippen LogP contribution in [-0.2, 0) is 17.6 Å². The highest BCUT2D eigenvalue weighted by Gasteiger charge is 2.27. The molecule has 6 nitrogen and oxygen atoms in total. The van der Waals surface area contributed by atoms with Gasteiger partial charge in [-0.2, -0.15) is 0 Å². The highest BCUT2D eigenvalue weighted by atomic mass is 16.5. The average molecular weight is 286 g/mol. The van der Waals surface area contributed by atoms with Crippen molar-refractivity contribution in [3.63, 3.8) is 0 Å². The summed E-state index contributed by atoms with van der Waals surface area (Å²) in [6.07, 6.45) is 1.47. The van der Waals surface area contributed by atoms with Gasteiger partial charge in [-0.05, 0) is 25.3 Å². The number of aliphatic carboxylic acids is 1. The number of rotatable bonds is 3. The fourth-order valence-electron chi connectivity index (χ4n) is 2.58. The van der Waals surface area contributed by atoms with Crippen molar-refractivity contribution in [2.45, 2.75) is 19.8 Å². The van der Waals surface area contributed by atoms with Crippen molar-refractivity contribution in [1.82, 2.24) is 10.5 Å². The van der Waals surface area contributed by atoms with Crippen LogP contribution >= 0.6 is 0 Å². The smallest absolute Gasteiger partial charge is 0.322 e. The normalized spacial score (nSPS) is 12.4. The zero-order valence-electron chi connectivity index (χ0n) is 11.5. The lowest BCUT2D eigenvalue weighted by Crippen LogP contribution is -2.30. The summed E-state index contributed by atoms with van der Waals surface area (Å²) >= 11 is 0. The first-order valence-electron chi connectivity index (χ1n) is 6.64. The van der Waals surface area contributed by atoms with E-state index in [0.29, 0.717) is 12.2 Å². The third kappa shape index (κ3) is 2.40. The van der Waals surface area contributed by atoms with Crippen molar-refractivity contribution in [1.29, 1.82) is 0 Å². The number of aryl methyl sites for hydroxylation is 2. The van der Waals surface area contributed by atoms with E-state index in [-0.39, 0.29) is 5.69 Å². The van der Waals surface area contributed by atoms with Gasteiger partial charge in [0.05, 0.1) is 0 Å². The van der Waals surface area contributed by atoms with Crippen LogP contribution in [0.15, 0.2) is 22.7 Å². The average Bonchev–Trinajstić information content (AvgIpc) is 2.88. The maximum absolute atomic E-state index is 12.0. The summed E-state index contributed by atoms with van der Waals surface area (Å²) in [6, 6.07) is 6.05. The lowest BCUT2D eigenvalue weighted by atomic mass is 9.88. The molecule has 6 heteroatoms. The number of carbonyl (C=O) groups excluding carboxylic acids is 1. The van der Waals surface area contributed by atoms with Gasteiger partial charge in [0.25, 0.3) is 5.91 Å². The van der Waals surface area contributed by atoms with Crippen LogP contribution in [0.3, 0.4) is 0 Å². The molecule has 21 heavy (non-hydrogen) atoms. The lowest BCUT2D eigenvalue weighted by Gasteiger charge is -2.15. The Bertz CT molecular complexity index is 733. The molecule has 0 saturated carbocycles. The Morgan fingerprint density at radius 2 is 2.19 bits per heavy atom. The summed E-state index contributed by atoms with van der Waals surface area (Å²) in [4.78, 5) is 22.5. The van der Waals surface area contributed by atoms with E-state index in [4.69, 9.17) is 9.63 Å². The van der Waals surface area contributed by atoms with Crippen LogP contribution in [0.4, 0.5) is 0 Å². The van der Waals surface area contributed by atoms with Gasteiger partial charge in [-0.1, -0.05) is 28.9 Å². The third-order valence-corrected chi connectivity index (χ3v) is 3.55. The van der Waals surface area contributed by atoms with Crippen molar-refractivity contribution >= 4 is 11.9 Å². The molecule has 1 aliphatic carbocycles. The molecule has 108 valence electrons. The van der Waals surface area contributed by atoms with Gasteiger partial charge >= 0.3 is 5.97 Å². The molecule has 1 aromatic carbocycles.